The second-order valence-electron chi connectivity index (χ2n) is 12.3. The lowest BCUT2D eigenvalue weighted by Crippen LogP contribution is -2.50. The Morgan fingerprint density at radius 1 is 0.957 bits per heavy atom. The van der Waals surface area contributed by atoms with E-state index in [1.54, 1.807) is 18.2 Å². The van der Waals surface area contributed by atoms with Gasteiger partial charge in [-0.3, -0.25) is 9.59 Å². The lowest BCUT2D eigenvalue weighted by atomic mass is 9.58. The van der Waals surface area contributed by atoms with E-state index in [2.05, 4.69) is 32.3 Å². The van der Waals surface area contributed by atoms with Crippen LogP contribution in [0.4, 0.5) is 5.69 Å². The van der Waals surface area contributed by atoms with Crippen LogP contribution in [0.2, 0.25) is 15.1 Å². The van der Waals surface area contributed by atoms with Crippen LogP contribution in [0.5, 0.6) is 5.75 Å². The van der Waals surface area contributed by atoms with E-state index in [1.807, 2.05) is 64.2 Å². The van der Waals surface area contributed by atoms with Crippen molar-refractivity contribution in [1.29, 1.82) is 0 Å². The molecule has 0 fully saturated rings. The molecule has 2 amide bonds. The maximum atomic E-state index is 15.3. The summed E-state index contributed by atoms with van der Waals surface area (Å²) in [4.78, 5) is 29.9. The van der Waals surface area contributed by atoms with Gasteiger partial charge in [0, 0.05) is 52.1 Å². The van der Waals surface area contributed by atoms with Crippen LogP contribution in [0.15, 0.2) is 79.0 Å². The zero-order valence-corrected chi connectivity index (χ0v) is 30.0. The number of fused-ring (bicyclic) bond motifs is 1. The van der Waals surface area contributed by atoms with Gasteiger partial charge in [0.15, 0.2) is 0 Å². The summed E-state index contributed by atoms with van der Waals surface area (Å²) < 4.78 is 6.97. The monoisotopic (exact) mass is 680 g/mol. The highest BCUT2D eigenvalue weighted by Crippen LogP contribution is 2.60. The Kier molecular flexibility index (Phi) is 10.7. The van der Waals surface area contributed by atoms with E-state index in [9.17, 15) is 4.79 Å². The maximum absolute atomic E-state index is 15.3. The predicted molar refractivity (Wildman–Crippen MR) is 192 cm³/mol. The quantitative estimate of drug-likeness (QED) is 0.193. The molecular weight excluding hydrogens is 639 g/mol. The van der Waals surface area contributed by atoms with Gasteiger partial charge in [-0.2, -0.15) is 0 Å². The summed E-state index contributed by atoms with van der Waals surface area (Å²) in [7, 11) is 1.83. The number of anilines is 1. The van der Waals surface area contributed by atoms with Crippen LogP contribution in [0.1, 0.15) is 88.0 Å². The molecule has 4 rings (SSSR count). The molecule has 1 aliphatic rings. The maximum Gasteiger partial charge on any atom is 0.245 e. The summed E-state index contributed by atoms with van der Waals surface area (Å²) in [6.07, 6.45) is 1.70. The van der Waals surface area contributed by atoms with Crippen LogP contribution in [-0.2, 0) is 15.0 Å². The molecular formula is C38H43Cl3N2O3. The SMILES string of the molecule is C=C(C)C[C@@H](c1cc(Cl)ccc1OC(CC)(CC)C(=C)NC)[C@@]1([C@H](C)c2cc(Cl)ccc2C)C(=O)N(C(C)=O)c2cc(Cl)ccc21. The third-order valence-corrected chi connectivity index (χ3v) is 10.4. The first kappa shape index (κ1) is 35.6. The second-order valence-corrected chi connectivity index (χ2v) is 13.6. The van der Waals surface area contributed by atoms with Crippen molar-refractivity contribution in [2.45, 2.75) is 83.7 Å². The summed E-state index contributed by atoms with van der Waals surface area (Å²) in [5.74, 6) is -1.21. The minimum Gasteiger partial charge on any atom is -0.481 e. The topological polar surface area (TPSA) is 58.6 Å². The van der Waals surface area contributed by atoms with E-state index in [-0.39, 0.29) is 5.91 Å². The van der Waals surface area contributed by atoms with E-state index < -0.39 is 28.8 Å². The van der Waals surface area contributed by atoms with Gasteiger partial charge in [-0.1, -0.05) is 79.9 Å². The molecule has 0 radical (unpaired) electrons. The average molecular weight is 682 g/mol. The molecule has 0 bridgehead atoms. The van der Waals surface area contributed by atoms with Crippen LogP contribution in [0.3, 0.4) is 0 Å². The molecule has 3 aromatic carbocycles. The van der Waals surface area contributed by atoms with Gasteiger partial charge in [-0.05, 0) is 92.3 Å². The first-order valence-corrected chi connectivity index (χ1v) is 16.7. The standard InChI is InChI=1S/C38H43Cl3N2O3/c1-10-37(11-2,25(7)42-9)46-35-17-15-28(40)20-31(35)33(18-22(3)4)38(24(6)30-19-27(39)13-12-23(30)5)32-16-14-29(41)21-34(32)43(26(8)44)36(38)45/h12-17,19-21,24,33,42H,3,7,10-11,18H2,1-2,4-6,8-9H3/t24-,33+,38+/m1/s1. The van der Waals surface area contributed by atoms with Crippen molar-refractivity contribution < 1.29 is 14.3 Å². The number of nitrogens with zero attached hydrogens (tertiary/aromatic N) is 1. The summed E-state index contributed by atoms with van der Waals surface area (Å²) in [6.45, 7) is 20.1. The number of nitrogens with one attached hydrogen (secondary N) is 1. The van der Waals surface area contributed by atoms with Gasteiger partial charge < -0.3 is 10.1 Å². The van der Waals surface area contributed by atoms with Crippen molar-refractivity contribution in [3.63, 3.8) is 0 Å². The van der Waals surface area contributed by atoms with Crippen molar-refractivity contribution in [1.82, 2.24) is 5.32 Å². The Morgan fingerprint density at radius 3 is 2.09 bits per heavy atom. The number of carbonyl (C=O) groups excluding carboxylic acids is 2. The van der Waals surface area contributed by atoms with Crippen LogP contribution in [0.25, 0.3) is 0 Å². The van der Waals surface area contributed by atoms with Crippen LogP contribution in [0, 0.1) is 6.92 Å². The molecule has 1 aliphatic heterocycles. The molecule has 0 unspecified atom stereocenters. The van der Waals surface area contributed by atoms with Crippen LogP contribution < -0.4 is 15.0 Å². The lowest BCUT2D eigenvalue weighted by molar-refractivity contribution is -0.129. The number of hydrogen-bond acceptors (Lipinski definition) is 4. The number of carbonyl (C=O) groups is 2. The number of ether oxygens (including phenoxy) is 1. The molecule has 5 nitrogen and oxygen atoms in total. The lowest BCUT2D eigenvalue weighted by Gasteiger charge is -2.44. The van der Waals surface area contributed by atoms with E-state index >= 15 is 4.79 Å². The second kappa shape index (κ2) is 13.9. The molecule has 1 N–H and O–H groups in total. The van der Waals surface area contributed by atoms with Gasteiger partial charge in [0.1, 0.15) is 11.4 Å². The van der Waals surface area contributed by atoms with Crippen molar-refractivity contribution in [2.24, 2.45) is 0 Å². The number of hydrogen-bond donors (Lipinski definition) is 1. The van der Waals surface area contributed by atoms with Crippen molar-refractivity contribution >= 4 is 52.3 Å². The van der Waals surface area contributed by atoms with Gasteiger partial charge in [0.25, 0.3) is 0 Å². The Morgan fingerprint density at radius 2 is 1.52 bits per heavy atom. The highest BCUT2D eigenvalue weighted by atomic mass is 35.5. The summed E-state index contributed by atoms with van der Waals surface area (Å²) >= 11 is 19.9. The molecule has 0 saturated heterocycles. The minimum atomic E-state index is -1.32. The van der Waals surface area contributed by atoms with Crippen molar-refractivity contribution in [3.8, 4) is 5.75 Å². The van der Waals surface area contributed by atoms with Crippen LogP contribution >= 0.6 is 34.8 Å². The fourth-order valence-electron chi connectivity index (χ4n) is 7.21. The Hall–Kier alpha value is -3.25. The highest BCUT2D eigenvalue weighted by Gasteiger charge is 2.60. The third-order valence-electron chi connectivity index (χ3n) is 9.66. The summed E-state index contributed by atoms with van der Waals surface area (Å²) in [6, 6.07) is 16.6. The van der Waals surface area contributed by atoms with Crippen molar-refractivity contribution in [2.75, 3.05) is 11.9 Å². The van der Waals surface area contributed by atoms with E-state index in [0.29, 0.717) is 51.3 Å². The largest absolute Gasteiger partial charge is 0.481 e. The molecule has 3 atom stereocenters. The molecule has 0 aliphatic carbocycles. The number of likely N-dealkylation sites (N-methyl/N-ethyl adjacent to an activating group) is 1. The predicted octanol–water partition coefficient (Wildman–Crippen LogP) is 10.3. The smallest absolute Gasteiger partial charge is 0.245 e. The summed E-state index contributed by atoms with van der Waals surface area (Å²) in [5.41, 5.74) is 3.30. The molecule has 0 spiro atoms. The van der Waals surface area contributed by atoms with Gasteiger partial charge in [0.05, 0.1) is 11.1 Å². The fraction of sp³-hybridized carbons (Fsp3) is 0.368. The fourth-order valence-corrected chi connectivity index (χ4v) is 7.74. The van der Waals surface area contributed by atoms with Gasteiger partial charge in [-0.15, -0.1) is 6.58 Å². The first-order valence-electron chi connectivity index (χ1n) is 15.6. The first-order chi connectivity index (χ1) is 21.7. The number of allylic oxidation sites excluding steroid dienone is 1. The molecule has 8 heteroatoms. The molecule has 1 heterocycles. The number of halogens is 3. The zero-order chi connectivity index (χ0) is 34.1. The number of aryl methyl sites for hydroxylation is 1. The normalized spacial score (nSPS) is 17.3. The molecule has 244 valence electrons. The number of benzene rings is 3. The van der Waals surface area contributed by atoms with Crippen molar-refractivity contribution in [3.05, 3.63) is 116 Å². The minimum absolute atomic E-state index is 0.349. The Balaban J connectivity index is 2.17. The van der Waals surface area contributed by atoms with E-state index in [1.165, 1.54) is 11.8 Å². The zero-order valence-electron chi connectivity index (χ0n) is 27.7. The van der Waals surface area contributed by atoms with E-state index in [0.717, 1.165) is 28.0 Å². The molecule has 0 aromatic heterocycles. The number of amides is 2. The molecule has 3 aromatic rings. The van der Waals surface area contributed by atoms with E-state index in [4.69, 9.17) is 39.5 Å². The highest BCUT2D eigenvalue weighted by molar-refractivity contribution is 6.32. The number of imide groups is 1. The Labute approximate surface area is 288 Å². The molecule has 0 saturated carbocycles. The third kappa shape index (κ3) is 6.10. The van der Waals surface area contributed by atoms with Gasteiger partial charge in [-0.25, -0.2) is 4.90 Å². The Bertz CT molecular complexity index is 1700. The average Bonchev–Trinajstić information content (AvgIpc) is 3.27. The van der Waals surface area contributed by atoms with Gasteiger partial charge in [0.2, 0.25) is 11.8 Å². The van der Waals surface area contributed by atoms with Gasteiger partial charge >= 0.3 is 0 Å². The number of rotatable bonds is 12. The molecule has 46 heavy (non-hydrogen) atoms. The summed E-state index contributed by atoms with van der Waals surface area (Å²) in [5, 5.41) is 4.66. The van der Waals surface area contributed by atoms with Crippen LogP contribution in [-0.4, -0.2) is 24.5 Å².